The zero-order valence-electron chi connectivity index (χ0n) is 21.7. The number of hydrogen-bond acceptors (Lipinski definition) is 5. The van der Waals surface area contributed by atoms with E-state index in [1.165, 1.54) is 23.1 Å². The second-order valence-corrected chi connectivity index (χ2v) is 11.8. The lowest BCUT2D eigenvalue weighted by Gasteiger charge is -2.33. The van der Waals surface area contributed by atoms with Gasteiger partial charge in [0.2, 0.25) is 11.8 Å². The first kappa shape index (κ1) is 28.3. The average Bonchev–Trinajstić information content (AvgIpc) is 3.11. The minimum Gasteiger partial charge on any atom is -0.352 e. The highest BCUT2D eigenvalue weighted by Crippen LogP contribution is 2.30. The van der Waals surface area contributed by atoms with Crippen molar-refractivity contribution in [1.82, 2.24) is 14.5 Å². The molecule has 10 heteroatoms. The number of rotatable bonds is 10. The Hall–Kier alpha value is -3.69. The summed E-state index contributed by atoms with van der Waals surface area (Å²) in [5, 5.41) is 3.41. The summed E-state index contributed by atoms with van der Waals surface area (Å²) in [6.45, 7) is 3.05. The monoisotopic (exact) mass is 567 g/mol. The van der Waals surface area contributed by atoms with E-state index in [4.69, 9.17) is 11.6 Å². The zero-order valence-corrected chi connectivity index (χ0v) is 23.3. The number of halogens is 1. The maximum atomic E-state index is 13.9. The molecule has 0 aromatic heterocycles. The molecule has 8 nitrogen and oxygen atoms in total. The molecule has 3 aromatic carbocycles. The summed E-state index contributed by atoms with van der Waals surface area (Å²) in [6, 6.07) is 20.9. The second-order valence-electron chi connectivity index (χ2n) is 9.49. The van der Waals surface area contributed by atoms with Crippen LogP contribution >= 0.6 is 11.6 Å². The number of sulfonamides is 1. The molecule has 0 aliphatic carbocycles. The van der Waals surface area contributed by atoms with Crippen LogP contribution in [0.3, 0.4) is 0 Å². The molecule has 0 spiro atoms. The van der Waals surface area contributed by atoms with Crippen molar-refractivity contribution in [2.75, 3.05) is 6.54 Å². The quantitative estimate of drug-likeness (QED) is 0.398. The molecule has 1 aliphatic heterocycles. The minimum absolute atomic E-state index is 0.0140. The van der Waals surface area contributed by atoms with E-state index in [1.54, 1.807) is 30.3 Å². The van der Waals surface area contributed by atoms with Gasteiger partial charge in [-0.1, -0.05) is 73.1 Å². The number of nitrogens with one attached hydrogen (secondary N) is 1. The second kappa shape index (κ2) is 12.0. The smallest absolute Gasteiger partial charge is 0.269 e. The topological polar surface area (TPSA) is 104 Å². The van der Waals surface area contributed by atoms with Gasteiger partial charge in [-0.2, -0.15) is 0 Å². The first-order valence-corrected chi connectivity index (χ1v) is 14.5. The lowest BCUT2D eigenvalue weighted by Crippen LogP contribution is -2.54. The Morgan fingerprint density at radius 3 is 2.31 bits per heavy atom. The molecular formula is C29H30ClN3O5S. The summed E-state index contributed by atoms with van der Waals surface area (Å²) in [6.07, 6.45) is 0.876. The van der Waals surface area contributed by atoms with E-state index in [2.05, 4.69) is 5.32 Å². The summed E-state index contributed by atoms with van der Waals surface area (Å²) in [5.41, 5.74) is 1.49. The van der Waals surface area contributed by atoms with Gasteiger partial charge in [0.15, 0.2) is 0 Å². The van der Waals surface area contributed by atoms with Crippen LogP contribution in [0, 0.1) is 0 Å². The fraction of sp³-hybridized carbons (Fsp3) is 0.276. The molecule has 4 rings (SSSR count). The van der Waals surface area contributed by atoms with Gasteiger partial charge in [0.1, 0.15) is 17.5 Å². The maximum Gasteiger partial charge on any atom is 0.269 e. The summed E-state index contributed by atoms with van der Waals surface area (Å²) < 4.78 is 26.9. The summed E-state index contributed by atoms with van der Waals surface area (Å²) in [7, 11) is -4.22. The molecule has 0 radical (unpaired) electrons. The summed E-state index contributed by atoms with van der Waals surface area (Å²) in [5.74, 6) is -1.83. The van der Waals surface area contributed by atoms with Gasteiger partial charge in [0.05, 0.1) is 5.56 Å². The lowest BCUT2D eigenvalue weighted by molar-refractivity contribution is -0.141. The highest BCUT2D eigenvalue weighted by atomic mass is 35.5. The molecule has 0 fully saturated rings. The maximum absolute atomic E-state index is 13.9. The molecule has 0 saturated carbocycles. The lowest BCUT2D eigenvalue weighted by atomic mass is 10.0. The van der Waals surface area contributed by atoms with E-state index in [9.17, 15) is 22.8 Å². The van der Waals surface area contributed by atoms with Crippen LogP contribution in [-0.4, -0.2) is 54.0 Å². The van der Waals surface area contributed by atoms with E-state index < -0.39 is 34.4 Å². The third-order valence-electron chi connectivity index (χ3n) is 6.70. The SMILES string of the molecule is CC[C@H](C)NC(=O)[C@H](Cc1ccccc1)N(Cc1cccc(Cl)c1)C(=O)CN1C(=O)c2ccccc2S1(=O)=O. The van der Waals surface area contributed by atoms with E-state index >= 15 is 0 Å². The van der Waals surface area contributed by atoms with Gasteiger partial charge in [-0.15, -0.1) is 0 Å². The fourth-order valence-corrected chi connectivity index (χ4v) is 6.16. The predicted molar refractivity (Wildman–Crippen MR) is 148 cm³/mol. The van der Waals surface area contributed by atoms with Crippen LogP contribution in [0.15, 0.2) is 83.8 Å². The molecule has 39 heavy (non-hydrogen) atoms. The van der Waals surface area contributed by atoms with Gasteiger partial charge in [0.25, 0.3) is 15.9 Å². The third kappa shape index (κ3) is 6.32. The number of fused-ring (bicyclic) bond motifs is 1. The normalized spacial score (nSPS) is 15.4. The van der Waals surface area contributed by atoms with Gasteiger partial charge in [-0.25, -0.2) is 12.7 Å². The molecule has 0 unspecified atom stereocenters. The molecule has 1 N–H and O–H groups in total. The van der Waals surface area contributed by atoms with E-state index in [0.29, 0.717) is 21.3 Å². The molecule has 1 aliphatic rings. The number of nitrogens with zero attached hydrogens (tertiary/aromatic N) is 2. The molecular weight excluding hydrogens is 538 g/mol. The largest absolute Gasteiger partial charge is 0.352 e. The van der Waals surface area contributed by atoms with E-state index in [0.717, 1.165) is 5.56 Å². The van der Waals surface area contributed by atoms with Crippen molar-refractivity contribution in [1.29, 1.82) is 0 Å². The van der Waals surface area contributed by atoms with Crippen LogP contribution in [0.25, 0.3) is 0 Å². The first-order chi connectivity index (χ1) is 18.6. The number of benzene rings is 3. The average molecular weight is 568 g/mol. The summed E-state index contributed by atoms with van der Waals surface area (Å²) in [4.78, 5) is 41.7. The van der Waals surface area contributed by atoms with Crippen molar-refractivity contribution in [2.24, 2.45) is 0 Å². The van der Waals surface area contributed by atoms with Crippen LogP contribution in [0.5, 0.6) is 0 Å². The molecule has 204 valence electrons. The van der Waals surface area contributed by atoms with Gasteiger partial charge < -0.3 is 10.2 Å². The van der Waals surface area contributed by atoms with E-state index in [-0.39, 0.29) is 35.4 Å². The van der Waals surface area contributed by atoms with E-state index in [1.807, 2.05) is 44.2 Å². The van der Waals surface area contributed by atoms with Gasteiger partial charge in [-0.05, 0) is 48.7 Å². The Bertz CT molecular complexity index is 1480. The van der Waals surface area contributed by atoms with Crippen LogP contribution in [0.1, 0.15) is 41.8 Å². The highest BCUT2D eigenvalue weighted by Gasteiger charge is 2.43. The standard InChI is InChI=1S/C29H30ClN3O5S/c1-3-20(2)31-28(35)25(17-21-10-5-4-6-11-21)32(18-22-12-9-13-23(30)16-22)27(34)19-33-29(36)24-14-7-8-15-26(24)39(33,37)38/h4-16,20,25H,3,17-19H2,1-2H3,(H,31,35)/t20-,25-/m0/s1. The Morgan fingerprint density at radius 2 is 1.64 bits per heavy atom. The van der Waals surface area contributed by atoms with Crippen molar-refractivity contribution in [3.05, 3.63) is 101 Å². The van der Waals surface area contributed by atoms with Crippen LogP contribution < -0.4 is 5.32 Å². The van der Waals surface area contributed by atoms with Crippen molar-refractivity contribution < 1.29 is 22.8 Å². The molecule has 1 heterocycles. The minimum atomic E-state index is -4.22. The fourth-order valence-electron chi connectivity index (χ4n) is 4.43. The van der Waals surface area contributed by atoms with Gasteiger partial charge >= 0.3 is 0 Å². The molecule has 3 amide bonds. The van der Waals surface area contributed by atoms with Crippen LogP contribution in [0.2, 0.25) is 5.02 Å². The molecule has 0 saturated heterocycles. The molecule has 3 aromatic rings. The number of carbonyl (C=O) groups excluding carboxylic acids is 3. The van der Waals surface area contributed by atoms with Crippen molar-refractivity contribution in [2.45, 2.75) is 50.2 Å². The number of carbonyl (C=O) groups is 3. The van der Waals surface area contributed by atoms with Gasteiger partial charge in [-0.3, -0.25) is 14.4 Å². The molecule has 2 atom stereocenters. The summed E-state index contributed by atoms with van der Waals surface area (Å²) >= 11 is 6.20. The zero-order chi connectivity index (χ0) is 28.2. The van der Waals surface area contributed by atoms with Crippen molar-refractivity contribution in [3.63, 3.8) is 0 Å². The Labute approximate surface area is 233 Å². The highest BCUT2D eigenvalue weighted by molar-refractivity contribution is 7.90. The molecule has 0 bridgehead atoms. The third-order valence-corrected chi connectivity index (χ3v) is 8.73. The Kier molecular flexibility index (Phi) is 8.72. The predicted octanol–water partition coefficient (Wildman–Crippen LogP) is 4.04. The Balaban J connectivity index is 1.72. The number of amides is 3. The Morgan fingerprint density at radius 1 is 0.974 bits per heavy atom. The van der Waals surface area contributed by atoms with Crippen LogP contribution in [-0.2, 0) is 32.6 Å². The first-order valence-electron chi connectivity index (χ1n) is 12.7. The van der Waals surface area contributed by atoms with Crippen LogP contribution in [0.4, 0.5) is 0 Å². The van der Waals surface area contributed by atoms with Crippen molar-refractivity contribution in [3.8, 4) is 0 Å². The van der Waals surface area contributed by atoms with Gasteiger partial charge in [0, 0.05) is 24.0 Å². The van der Waals surface area contributed by atoms with Crippen molar-refractivity contribution >= 4 is 39.3 Å². The number of hydrogen-bond donors (Lipinski definition) is 1.